The monoisotopic (exact) mass is 319 g/mol. The van der Waals surface area contributed by atoms with E-state index in [-0.39, 0.29) is 22.2 Å². The van der Waals surface area contributed by atoms with Crippen molar-refractivity contribution in [3.05, 3.63) is 47.0 Å². The van der Waals surface area contributed by atoms with Crippen molar-refractivity contribution in [1.82, 2.24) is 9.97 Å². The highest BCUT2D eigenvalue weighted by molar-refractivity contribution is 6.30. The summed E-state index contributed by atoms with van der Waals surface area (Å²) >= 11 is 6.14. The number of para-hydroxylation sites is 2. The van der Waals surface area contributed by atoms with Crippen LogP contribution >= 0.6 is 11.6 Å². The van der Waals surface area contributed by atoms with Gasteiger partial charge in [-0.3, -0.25) is 9.78 Å². The highest BCUT2D eigenvalue weighted by Crippen LogP contribution is 2.27. The third-order valence-electron chi connectivity index (χ3n) is 3.03. The number of amides is 1. The van der Waals surface area contributed by atoms with Crippen LogP contribution in [0.25, 0.3) is 0 Å². The fourth-order valence-electron chi connectivity index (χ4n) is 1.91. The number of aromatic nitrogens is 2. The minimum atomic E-state index is -0.389. The zero-order valence-electron chi connectivity index (χ0n) is 13.0. The van der Waals surface area contributed by atoms with Crippen LogP contribution in [0.1, 0.15) is 37.0 Å². The van der Waals surface area contributed by atoms with Crippen LogP contribution in [0.4, 0.5) is 5.69 Å². The van der Waals surface area contributed by atoms with Crippen LogP contribution in [-0.4, -0.2) is 23.0 Å². The quantitative estimate of drug-likeness (QED) is 0.937. The average molecular weight is 320 g/mol. The Morgan fingerprint density at radius 2 is 1.95 bits per heavy atom. The summed E-state index contributed by atoms with van der Waals surface area (Å²) in [5.41, 5.74) is 1.14. The molecule has 0 aliphatic heterocycles. The SMILES string of the molecule is COc1ccccc1NC(=O)c1cnc(C(C)(C)C)c(Cl)n1. The third-order valence-corrected chi connectivity index (χ3v) is 3.29. The number of anilines is 1. The molecule has 1 N–H and O–H groups in total. The summed E-state index contributed by atoms with van der Waals surface area (Å²) in [7, 11) is 1.54. The molecule has 0 aliphatic carbocycles. The molecule has 0 fully saturated rings. The molecule has 0 bridgehead atoms. The summed E-state index contributed by atoms with van der Waals surface area (Å²) in [6, 6.07) is 7.13. The van der Waals surface area contributed by atoms with Gasteiger partial charge in [0.15, 0.2) is 5.15 Å². The van der Waals surface area contributed by atoms with E-state index in [2.05, 4.69) is 15.3 Å². The predicted octanol–water partition coefficient (Wildman–Crippen LogP) is 3.69. The highest BCUT2D eigenvalue weighted by atomic mass is 35.5. The van der Waals surface area contributed by atoms with E-state index in [0.717, 1.165) is 0 Å². The Morgan fingerprint density at radius 3 is 2.55 bits per heavy atom. The molecule has 116 valence electrons. The minimum Gasteiger partial charge on any atom is -0.495 e. The molecular weight excluding hydrogens is 302 g/mol. The number of hydrogen-bond donors (Lipinski definition) is 1. The fraction of sp³-hybridized carbons (Fsp3) is 0.312. The first-order valence-corrected chi connectivity index (χ1v) is 7.18. The van der Waals surface area contributed by atoms with Crippen molar-refractivity contribution in [2.45, 2.75) is 26.2 Å². The van der Waals surface area contributed by atoms with E-state index in [1.54, 1.807) is 25.3 Å². The van der Waals surface area contributed by atoms with Gasteiger partial charge in [-0.1, -0.05) is 44.5 Å². The number of rotatable bonds is 3. The second kappa shape index (κ2) is 6.32. The van der Waals surface area contributed by atoms with Gasteiger partial charge >= 0.3 is 0 Å². The van der Waals surface area contributed by atoms with Crippen molar-refractivity contribution in [1.29, 1.82) is 0 Å². The summed E-state index contributed by atoms with van der Waals surface area (Å²) in [6.45, 7) is 5.95. The third kappa shape index (κ3) is 3.54. The van der Waals surface area contributed by atoms with Gasteiger partial charge in [0.2, 0.25) is 0 Å². The standard InChI is InChI=1S/C16H18ClN3O2/c1-16(2,3)13-14(17)19-11(9-18-13)15(21)20-10-7-5-6-8-12(10)22-4/h5-9H,1-4H3,(H,20,21). The molecular formula is C16H18ClN3O2. The first-order chi connectivity index (χ1) is 10.3. The zero-order chi connectivity index (χ0) is 16.3. The van der Waals surface area contributed by atoms with E-state index in [1.807, 2.05) is 26.8 Å². The molecule has 0 radical (unpaired) electrons. The maximum Gasteiger partial charge on any atom is 0.276 e. The second-order valence-electron chi connectivity index (χ2n) is 5.80. The molecule has 5 nitrogen and oxygen atoms in total. The van der Waals surface area contributed by atoms with Crippen LogP contribution in [0.3, 0.4) is 0 Å². The van der Waals surface area contributed by atoms with Gasteiger partial charge in [-0.05, 0) is 12.1 Å². The highest BCUT2D eigenvalue weighted by Gasteiger charge is 2.22. The molecule has 1 heterocycles. The van der Waals surface area contributed by atoms with Crippen LogP contribution in [0.15, 0.2) is 30.5 Å². The van der Waals surface area contributed by atoms with Crippen LogP contribution in [0, 0.1) is 0 Å². The molecule has 1 aromatic heterocycles. The molecule has 1 aromatic carbocycles. The van der Waals surface area contributed by atoms with Gasteiger partial charge in [-0.15, -0.1) is 0 Å². The lowest BCUT2D eigenvalue weighted by Gasteiger charge is -2.18. The van der Waals surface area contributed by atoms with Gasteiger partial charge in [0.05, 0.1) is 24.7 Å². The van der Waals surface area contributed by atoms with Gasteiger partial charge in [-0.2, -0.15) is 0 Å². The second-order valence-corrected chi connectivity index (χ2v) is 6.16. The van der Waals surface area contributed by atoms with Gasteiger partial charge in [0.1, 0.15) is 11.4 Å². The molecule has 2 aromatic rings. The molecule has 1 amide bonds. The van der Waals surface area contributed by atoms with Crippen LogP contribution < -0.4 is 10.1 Å². The van der Waals surface area contributed by atoms with Crippen molar-refractivity contribution in [3.63, 3.8) is 0 Å². The largest absolute Gasteiger partial charge is 0.495 e. The average Bonchev–Trinajstić information content (AvgIpc) is 2.46. The Bertz CT molecular complexity index is 696. The molecule has 0 spiro atoms. The molecule has 0 saturated heterocycles. The Morgan fingerprint density at radius 1 is 1.27 bits per heavy atom. The Kier molecular flexibility index (Phi) is 4.66. The molecule has 22 heavy (non-hydrogen) atoms. The molecule has 2 rings (SSSR count). The van der Waals surface area contributed by atoms with Crippen molar-refractivity contribution in [3.8, 4) is 5.75 Å². The summed E-state index contributed by atoms with van der Waals surface area (Å²) in [5, 5.41) is 2.97. The van der Waals surface area contributed by atoms with Crippen molar-refractivity contribution in [2.24, 2.45) is 0 Å². The van der Waals surface area contributed by atoms with Gasteiger partial charge in [0.25, 0.3) is 5.91 Å². The van der Waals surface area contributed by atoms with E-state index in [0.29, 0.717) is 17.1 Å². The number of carbonyl (C=O) groups excluding carboxylic acids is 1. The van der Waals surface area contributed by atoms with Gasteiger partial charge in [0, 0.05) is 5.41 Å². The number of benzene rings is 1. The zero-order valence-corrected chi connectivity index (χ0v) is 13.7. The summed E-state index contributed by atoms with van der Waals surface area (Å²) in [4.78, 5) is 20.7. The number of ether oxygens (including phenoxy) is 1. The number of methoxy groups -OCH3 is 1. The number of nitrogens with one attached hydrogen (secondary N) is 1. The normalized spacial score (nSPS) is 11.1. The fourth-order valence-corrected chi connectivity index (χ4v) is 2.34. The topological polar surface area (TPSA) is 64.1 Å². The van der Waals surface area contributed by atoms with Crippen molar-refractivity contribution >= 4 is 23.2 Å². The Hall–Kier alpha value is -2.14. The summed E-state index contributed by atoms with van der Waals surface area (Å²) in [5.74, 6) is 0.181. The van der Waals surface area contributed by atoms with Crippen molar-refractivity contribution in [2.75, 3.05) is 12.4 Å². The van der Waals surface area contributed by atoms with Gasteiger partial charge in [-0.25, -0.2) is 4.98 Å². The maximum atomic E-state index is 12.3. The lowest BCUT2D eigenvalue weighted by molar-refractivity contribution is 0.102. The summed E-state index contributed by atoms with van der Waals surface area (Å²) < 4.78 is 5.19. The Balaban J connectivity index is 2.25. The van der Waals surface area contributed by atoms with Crippen LogP contribution in [0.5, 0.6) is 5.75 Å². The molecule has 0 aliphatic rings. The Labute approximate surface area is 134 Å². The van der Waals surface area contributed by atoms with Crippen LogP contribution in [0.2, 0.25) is 5.15 Å². The van der Waals surface area contributed by atoms with Crippen molar-refractivity contribution < 1.29 is 9.53 Å². The van der Waals surface area contributed by atoms with E-state index >= 15 is 0 Å². The van der Waals surface area contributed by atoms with Gasteiger partial charge < -0.3 is 10.1 Å². The van der Waals surface area contributed by atoms with E-state index in [4.69, 9.17) is 16.3 Å². The first-order valence-electron chi connectivity index (χ1n) is 6.80. The summed E-state index contributed by atoms with van der Waals surface area (Å²) in [6.07, 6.45) is 1.43. The smallest absolute Gasteiger partial charge is 0.276 e. The first kappa shape index (κ1) is 16.2. The number of halogens is 1. The number of carbonyl (C=O) groups is 1. The van der Waals surface area contributed by atoms with E-state index in [1.165, 1.54) is 6.20 Å². The maximum absolute atomic E-state index is 12.3. The predicted molar refractivity (Wildman–Crippen MR) is 86.7 cm³/mol. The van der Waals surface area contributed by atoms with E-state index in [9.17, 15) is 4.79 Å². The molecule has 0 saturated carbocycles. The molecule has 6 heteroatoms. The molecule has 0 atom stereocenters. The van der Waals surface area contributed by atoms with Crippen LogP contribution in [-0.2, 0) is 5.41 Å². The minimum absolute atomic E-state index is 0.156. The lowest BCUT2D eigenvalue weighted by atomic mass is 9.92. The number of nitrogens with zero attached hydrogens (tertiary/aromatic N) is 2. The molecule has 0 unspecified atom stereocenters. The lowest BCUT2D eigenvalue weighted by Crippen LogP contribution is -2.19. The van der Waals surface area contributed by atoms with E-state index < -0.39 is 0 Å². The number of hydrogen-bond acceptors (Lipinski definition) is 4.